The van der Waals surface area contributed by atoms with Gasteiger partial charge >= 0.3 is 0 Å². The Bertz CT molecular complexity index is 1120. The number of amides is 1. The summed E-state index contributed by atoms with van der Waals surface area (Å²) in [6, 6.07) is 6.26. The molecule has 1 saturated heterocycles. The van der Waals surface area contributed by atoms with Gasteiger partial charge in [0.25, 0.3) is 0 Å². The molecule has 170 valence electrons. The first kappa shape index (κ1) is 22.2. The maximum absolute atomic E-state index is 14.8. The Balaban J connectivity index is 1.45. The van der Waals surface area contributed by atoms with Crippen molar-refractivity contribution in [3.05, 3.63) is 53.6 Å². The van der Waals surface area contributed by atoms with Gasteiger partial charge in [-0.3, -0.25) is 9.69 Å². The van der Waals surface area contributed by atoms with E-state index >= 15 is 0 Å². The van der Waals surface area contributed by atoms with E-state index in [-0.39, 0.29) is 30.2 Å². The minimum Gasteiger partial charge on any atom is -0.453 e. The van der Waals surface area contributed by atoms with Gasteiger partial charge in [-0.2, -0.15) is 0 Å². The fraction of sp³-hybridized carbons (Fsp3) is 0.417. The number of aryl methyl sites for hydroxylation is 1. The maximum Gasteiger partial charge on any atom is 0.239 e. The van der Waals surface area contributed by atoms with Crippen LogP contribution in [0.2, 0.25) is 0 Å². The van der Waals surface area contributed by atoms with Gasteiger partial charge in [-0.1, -0.05) is 6.07 Å². The normalized spacial score (nSPS) is 20.5. The molecule has 0 radical (unpaired) electrons. The fourth-order valence-electron chi connectivity index (χ4n) is 4.30. The van der Waals surface area contributed by atoms with Gasteiger partial charge in [0.05, 0.1) is 11.4 Å². The van der Waals surface area contributed by atoms with Crippen LogP contribution in [0, 0.1) is 12.7 Å². The Morgan fingerprint density at radius 1 is 1.28 bits per heavy atom. The van der Waals surface area contributed by atoms with Crippen molar-refractivity contribution in [2.75, 3.05) is 20.1 Å². The summed E-state index contributed by atoms with van der Waals surface area (Å²) in [5.74, 6) is 0.0517. The number of nitrogens with zero attached hydrogens (tertiary/aromatic N) is 3. The first-order chi connectivity index (χ1) is 15.2. The summed E-state index contributed by atoms with van der Waals surface area (Å²) in [7, 11) is 2.07. The molecule has 3 atom stereocenters. The van der Waals surface area contributed by atoms with Crippen molar-refractivity contribution < 1.29 is 13.9 Å². The molecule has 3 aromatic rings. The monoisotopic (exact) mass is 439 g/mol. The number of H-pyrrole nitrogens is 1. The molecule has 8 heteroatoms. The van der Waals surface area contributed by atoms with E-state index in [0.29, 0.717) is 30.0 Å². The molecule has 0 saturated carbocycles. The second-order valence-corrected chi connectivity index (χ2v) is 8.79. The number of halogens is 1. The highest BCUT2D eigenvalue weighted by molar-refractivity contribution is 5.86. The Morgan fingerprint density at radius 2 is 2.00 bits per heavy atom. The number of piperazine rings is 1. The van der Waals surface area contributed by atoms with Gasteiger partial charge in [0, 0.05) is 37.6 Å². The zero-order valence-corrected chi connectivity index (χ0v) is 18.9. The third-order valence-corrected chi connectivity index (χ3v) is 6.39. The van der Waals surface area contributed by atoms with Crippen molar-refractivity contribution in [3.63, 3.8) is 0 Å². The lowest BCUT2D eigenvalue weighted by Gasteiger charge is -2.43. The Labute approximate surface area is 187 Å². The maximum atomic E-state index is 14.8. The number of ether oxygens (including phenoxy) is 1. The molecular weight excluding hydrogens is 409 g/mol. The third kappa shape index (κ3) is 4.33. The molecule has 3 unspecified atom stereocenters. The number of aromatic amines is 1. The average Bonchev–Trinajstić information content (AvgIpc) is 3.14. The van der Waals surface area contributed by atoms with Crippen LogP contribution in [-0.4, -0.2) is 63.9 Å². The van der Waals surface area contributed by atoms with E-state index in [1.54, 1.807) is 24.4 Å². The fourth-order valence-corrected chi connectivity index (χ4v) is 4.30. The summed E-state index contributed by atoms with van der Waals surface area (Å²) in [4.78, 5) is 24.3. The largest absolute Gasteiger partial charge is 0.453 e. The number of rotatable bonds is 5. The lowest BCUT2D eigenvalue weighted by molar-refractivity contribution is -0.136. The van der Waals surface area contributed by atoms with Crippen molar-refractivity contribution in [2.24, 2.45) is 5.73 Å². The smallest absolute Gasteiger partial charge is 0.239 e. The number of pyridine rings is 1. The van der Waals surface area contributed by atoms with Crippen LogP contribution in [0.15, 0.2) is 36.7 Å². The van der Waals surface area contributed by atoms with Crippen LogP contribution in [-0.2, 0) is 11.2 Å². The predicted molar refractivity (Wildman–Crippen MR) is 122 cm³/mol. The Kier molecular flexibility index (Phi) is 6.17. The summed E-state index contributed by atoms with van der Waals surface area (Å²) in [6.07, 6.45) is 3.72. The van der Waals surface area contributed by atoms with Crippen molar-refractivity contribution in [1.29, 1.82) is 0 Å². The van der Waals surface area contributed by atoms with Gasteiger partial charge in [-0.15, -0.1) is 0 Å². The zero-order valence-electron chi connectivity index (χ0n) is 18.9. The second-order valence-electron chi connectivity index (χ2n) is 8.79. The second kappa shape index (κ2) is 8.88. The number of carbonyl (C=O) groups is 1. The molecule has 2 aromatic heterocycles. The van der Waals surface area contributed by atoms with Crippen LogP contribution in [0.4, 0.5) is 4.39 Å². The average molecular weight is 440 g/mol. The summed E-state index contributed by atoms with van der Waals surface area (Å²) < 4.78 is 20.7. The third-order valence-electron chi connectivity index (χ3n) is 6.39. The van der Waals surface area contributed by atoms with Crippen molar-refractivity contribution >= 4 is 16.9 Å². The molecular formula is C24H30FN5O2. The number of nitrogens with two attached hydrogens (primary N) is 1. The number of aromatic nitrogens is 2. The number of benzene rings is 1. The van der Waals surface area contributed by atoms with E-state index in [9.17, 15) is 9.18 Å². The van der Waals surface area contributed by atoms with E-state index in [0.717, 1.165) is 10.9 Å². The molecule has 7 nitrogen and oxygen atoms in total. The number of carbonyl (C=O) groups excluding carboxylic acids is 1. The van der Waals surface area contributed by atoms with Crippen molar-refractivity contribution in [3.8, 4) is 11.5 Å². The molecule has 1 amide bonds. The zero-order chi connectivity index (χ0) is 23.0. The van der Waals surface area contributed by atoms with Crippen LogP contribution < -0.4 is 10.5 Å². The highest BCUT2D eigenvalue weighted by Crippen LogP contribution is 2.32. The molecule has 0 spiro atoms. The highest BCUT2D eigenvalue weighted by Gasteiger charge is 2.31. The predicted octanol–water partition coefficient (Wildman–Crippen LogP) is 3.22. The van der Waals surface area contributed by atoms with Crippen LogP contribution in [0.25, 0.3) is 11.0 Å². The molecule has 1 fully saturated rings. The first-order valence-electron chi connectivity index (χ1n) is 10.9. The molecule has 3 heterocycles. The van der Waals surface area contributed by atoms with E-state index in [2.05, 4.69) is 35.8 Å². The number of hydrogen-bond acceptors (Lipinski definition) is 5. The molecule has 1 aliphatic heterocycles. The minimum atomic E-state index is -0.716. The number of hydrogen-bond donors (Lipinski definition) is 2. The summed E-state index contributed by atoms with van der Waals surface area (Å²) in [6.45, 7) is 7.43. The summed E-state index contributed by atoms with van der Waals surface area (Å²) in [5, 5.41) is 0.819. The van der Waals surface area contributed by atoms with Gasteiger partial charge < -0.3 is 20.4 Å². The van der Waals surface area contributed by atoms with Gasteiger partial charge in [-0.05, 0) is 63.6 Å². The van der Waals surface area contributed by atoms with Crippen molar-refractivity contribution in [1.82, 2.24) is 19.8 Å². The van der Waals surface area contributed by atoms with Gasteiger partial charge in [0.2, 0.25) is 5.91 Å². The van der Waals surface area contributed by atoms with E-state index in [4.69, 9.17) is 10.5 Å². The molecule has 1 aliphatic rings. The molecule has 32 heavy (non-hydrogen) atoms. The number of fused-ring (bicyclic) bond motifs is 1. The van der Waals surface area contributed by atoms with E-state index in [1.807, 2.05) is 18.0 Å². The standard InChI is InChI=1S/C24H30FN5O2/c1-14-11-28-23-22(14)21(7-8-27-23)32-20-6-5-17(9-18(20)25)10-19(26)24(31)30-12-15(2)29(4)16(3)13-30/h5-9,11,15-16,19H,10,12-13,26H2,1-4H3,(H,27,28). The topological polar surface area (TPSA) is 87.5 Å². The summed E-state index contributed by atoms with van der Waals surface area (Å²) >= 11 is 0. The highest BCUT2D eigenvalue weighted by atomic mass is 19.1. The van der Waals surface area contributed by atoms with E-state index in [1.165, 1.54) is 6.07 Å². The van der Waals surface area contributed by atoms with Crippen LogP contribution >= 0.6 is 0 Å². The molecule has 4 rings (SSSR count). The van der Waals surface area contributed by atoms with Crippen LogP contribution in [0.1, 0.15) is 25.0 Å². The summed E-state index contributed by atoms with van der Waals surface area (Å²) in [5.41, 5.74) is 8.53. The van der Waals surface area contributed by atoms with E-state index < -0.39 is 11.9 Å². The number of likely N-dealkylation sites (N-methyl/N-ethyl adjacent to an activating group) is 1. The molecule has 0 aliphatic carbocycles. The Morgan fingerprint density at radius 3 is 2.69 bits per heavy atom. The first-order valence-corrected chi connectivity index (χ1v) is 10.9. The van der Waals surface area contributed by atoms with Gasteiger partial charge in [0.15, 0.2) is 11.6 Å². The van der Waals surface area contributed by atoms with Gasteiger partial charge in [0.1, 0.15) is 11.4 Å². The SMILES string of the molecule is Cc1c[nH]c2nccc(Oc3ccc(CC(N)C(=O)N4CC(C)N(C)C(C)C4)cc3F)c12. The quantitative estimate of drug-likeness (QED) is 0.637. The molecule has 1 aromatic carbocycles. The van der Waals surface area contributed by atoms with Crippen LogP contribution in [0.3, 0.4) is 0 Å². The molecule has 0 bridgehead atoms. The van der Waals surface area contributed by atoms with Crippen molar-refractivity contribution in [2.45, 2.75) is 45.3 Å². The molecule has 3 N–H and O–H groups in total. The van der Waals surface area contributed by atoms with Gasteiger partial charge in [-0.25, -0.2) is 9.37 Å². The van der Waals surface area contributed by atoms with Crippen LogP contribution in [0.5, 0.6) is 11.5 Å². The number of nitrogens with one attached hydrogen (secondary N) is 1. The Hall–Kier alpha value is -2.97. The lowest BCUT2D eigenvalue weighted by atomic mass is 10.0. The lowest BCUT2D eigenvalue weighted by Crippen LogP contribution is -2.59. The minimum absolute atomic E-state index is 0.0976.